The largest absolute Gasteiger partial charge is 0.497 e. The van der Waals surface area contributed by atoms with Gasteiger partial charge in [0, 0.05) is 4.88 Å². The first-order valence-corrected chi connectivity index (χ1v) is 9.48. The molecule has 0 saturated carbocycles. The average Bonchev–Trinajstić information content (AvgIpc) is 3.16. The van der Waals surface area contributed by atoms with Crippen LogP contribution in [0.1, 0.15) is 0 Å². The first kappa shape index (κ1) is 18.2. The number of benzene rings is 2. The van der Waals surface area contributed by atoms with Crippen LogP contribution in [0.25, 0.3) is 20.7 Å². The van der Waals surface area contributed by atoms with Gasteiger partial charge in [-0.2, -0.15) is 0 Å². The second kappa shape index (κ2) is 7.82. The first-order valence-electron chi connectivity index (χ1n) is 8.66. The van der Waals surface area contributed by atoms with Crippen LogP contribution in [0.5, 0.6) is 11.5 Å². The molecular formula is C21H17FN2O3S. The van der Waals surface area contributed by atoms with Gasteiger partial charge in [-0.1, -0.05) is 12.1 Å². The molecule has 4 aromatic rings. The highest BCUT2D eigenvalue weighted by atomic mass is 32.1. The minimum atomic E-state index is -0.425. The van der Waals surface area contributed by atoms with Gasteiger partial charge in [0.1, 0.15) is 17.1 Å². The first-order chi connectivity index (χ1) is 13.7. The monoisotopic (exact) mass is 396 g/mol. The zero-order chi connectivity index (χ0) is 19.5. The minimum Gasteiger partial charge on any atom is -0.497 e. The van der Waals surface area contributed by atoms with Crippen LogP contribution in [-0.2, 0) is 6.54 Å². The van der Waals surface area contributed by atoms with Crippen molar-refractivity contribution in [2.24, 2.45) is 0 Å². The smallest absolute Gasteiger partial charge is 0.271 e. The van der Waals surface area contributed by atoms with E-state index in [1.807, 2.05) is 30.3 Å². The summed E-state index contributed by atoms with van der Waals surface area (Å²) in [5.74, 6) is 0.522. The van der Waals surface area contributed by atoms with Gasteiger partial charge in [0.15, 0.2) is 11.6 Å². The third kappa shape index (κ3) is 3.61. The van der Waals surface area contributed by atoms with E-state index in [-0.39, 0.29) is 24.5 Å². The molecule has 0 saturated heterocycles. The van der Waals surface area contributed by atoms with E-state index in [9.17, 15) is 9.18 Å². The topological polar surface area (TPSA) is 53.4 Å². The fourth-order valence-electron chi connectivity index (χ4n) is 2.82. The van der Waals surface area contributed by atoms with Crippen molar-refractivity contribution in [1.29, 1.82) is 0 Å². The van der Waals surface area contributed by atoms with Crippen molar-refractivity contribution in [2.75, 3.05) is 13.7 Å². The third-order valence-electron chi connectivity index (χ3n) is 4.30. The van der Waals surface area contributed by atoms with Crippen molar-refractivity contribution in [3.8, 4) is 21.9 Å². The molecular weight excluding hydrogens is 379 g/mol. The van der Waals surface area contributed by atoms with E-state index in [0.717, 1.165) is 16.2 Å². The maximum atomic E-state index is 13.6. The standard InChI is InChI=1S/C21H17FN2O3S/c1-26-15-8-6-14(7-9-15)19-12-17-20(28-19)21(25)24(13-23-17)10-11-27-18-5-3-2-4-16(18)22/h2-9,12-13H,10-11H2,1H3. The molecule has 0 aliphatic rings. The number of nitrogens with zero attached hydrogens (tertiary/aromatic N) is 2. The Morgan fingerprint density at radius 3 is 2.68 bits per heavy atom. The summed E-state index contributed by atoms with van der Waals surface area (Å²) < 4.78 is 26.3. The molecule has 2 aromatic carbocycles. The predicted octanol–water partition coefficient (Wildman–Crippen LogP) is 4.35. The molecule has 0 radical (unpaired) electrons. The molecule has 0 N–H and O–H groups in total. The van der Waals surface area contributed by atoms with Gasteiger partial charge < -0.3 is 9.47 Å². The molecule has 7 heteroatoms. The number of thiophene rings is 1. The molecule has 5 nitrogen and oxygen atoms in total. The van der Waals surface area contributed by atoms with Crippen molar-refractivity contribution < 1.29 is 13.9 Å². The minimum absolute atomic E-state index is 0.133. The van der Waals surface area contributed by atoms with Gasteiger partial charge >= 0.3 is 0 Å². The number of halogens is 1. The van der Waals surface area contributed by atoms with Crippen LogP contribution in [0.2, 0.25) is 0 Å². The molecule has 0 aliphatic carbocycles. The van der Waals surface area contributed by atoms with Crippen LogP contribution < -0.4 is 15.0 Å². The Balaban J connectivity index is 1.55. The van der Waals surface area contributed by atoms with Crippen LogP contribution in [0.4, 0.5) is 4.39 Å². The van der Waals surface area contributed by atoms with Crippen LogP contribution >= 0.6 is 11.3 Å². The van der Waals surface area contributed by atoms with Crippen molar-refractivity contribution in [1.82, 2.24) is 9.55 Å². The molecule has 0 fully saturated rings. The summed E-state index contributed by atoms with van der Waals surface area (Å²) in [6.45, 7) is 0.455. The van der Waals surface area contributed by atoms with Gasteiger partial charge in [0.2, 0.25) is 0 Å². The van der Waals surface area contributed by atoms with E-state index in [2.05, 4.69) is 4.98 Å². The van der Waals surface area contributed by atoms with E-state index in [0.29, 0.717) is 10.2 Å². The van der Waals surface area contributed by atoms with Gasteiger partial charge in [-0.05, 0) is 48.0 Å². The van der Waals surface area contributed by atoms with Gasteiger partial charge in [-0.25, -0.2) is 9.37 Å². The Labute approximate surface area is 164 Å². The Kier molecular flexibility index (Phi) is 5.08. The quantitative estimate of drug-likeness (QED) is 0.486. The van der Waals surface area contributed by atoms with Crippen molar-refractivity contribution in [2.45, 2.75) is 6.54 Å². The summed E-state index contributed by atoms with van der Waals surface area (Å²) in [6.07, 6.45) is 1.50. The number of hydrogen-bond acceptors (Lipinski definition) is 5. The zero-order valence-electron chi connectivity index (χ0n) is 15.1. The fraction of sp³-hybridized carbons (Fsp3) is 0.143. The Morgan fingerprint density at radius 2 is 1.93 bits per heavy atom. The van der Waals surface area contributed by atoms with E-state index in [4.69, 9.17) is 9.47 Å². The fourth-order valence-corrected chi connectivity index (χ4v) is 3.88. The molecule has 2 aromatic heterocycles. The van der Waals surface area contributed by atoms with Crippen LogP contribution in [0, 0.1) is 5.82 Å². The van der Waals surface area contributed by atoms with Gasteiger partial charge in [0.05, 0.1) is 25.5 Å². The maximum Gasteiger partial charge on any atom is 0.271 e. The van der Waals surface area contributed by atoms with Crippen molar-refractivity contribution in [3.63, 3.8) is 0 Å². The number of para-hydroxylation sites is 1. The van der Waals surface area contributed by atoms with Gasteiger partial charge in [-0.3, -0.25) is 9.36 Å². The van der Waals surface area contributed by atoms with Crippen LogP contribution in [-0.4, -0.2) is 23.3 Å². The van der Waals surface area contributed by atoms with Crippen molar-refractivity contribution >= 4 is 21.6 Å². The zero-order valence-corrected chi connectivity index (χ0v) is 15.9. The highest BCUT2D eigenvalue weighted by Crippen LogP contribution is 2.31. The average molecular weight is 396 g/mol. The van der Waals surface area contributed by atoms with Crippen LogP contribution in [0.15, 0.2) is 65.7 Å². The van der Waals surface area contributed by atoms with Crippen molar-refractivity contribution in [3.05, 3.63) is 77.1 Å². The molecule has 0 aliphatic heterocycles. The number of hydrogen-bond donors (Lipinski definition) is 0. The molecule has 142 valence electrons. The Bertz CT molecular complexity index is 1170. The van der Waals surface area contributed by atoms with Gasteiger partial charge in [-0.15, -0.1) is 11.3 Å². The van der Waals surface area contributed by atoms with E-state index in [1.54, 1.807) is 25.3 Å². The van der Waals surface area contributed by atoms with E-state index in [1.165, 1.54) is 28.3 Å². The Hall–Kier alpha value is -3.19. The molecule has 2 heterocycles. The SMILES string of the molecule is COc1ccc(-c2cc3ncn(CCOc4ccccc4F)c(=O)c3s2)cc1. The van der Waals surface area contributed by atoms with E-state index < -0.39 is 5.82 Å². The Morgan fingerprint density at radius 1 is 1.14 bits per heavy atom. The summed E-state index contributed by atoms with van der Waals surface area (Å²) in [6, 6.07) is 15.8. The van der Waals surface area contributed by atoms with Gasteiger partial charge in [0.25, 0.3) is 5.56 Å². The summed E-state index contributed by atoms with van der Waals surface area (Å²) in [7, 11) is 1.62. The lowest BCUT2D eigenvalue weighted by Crippen LogP contribution is -2.22. The van der Waals surface area contributed by atoms with E-state index >= 15 is 0 Å². The molecule has 0 atom stereocenters. The predicted molar refractivity (Wildman–Crippen MR) is 108 cm³/mol. The molecule has 0 amide bonds. The number of fused-ring (bicyclic) bond motifs is 1. The number of rotatable bonds is 6. The lowest BCUT2D eigenvalue weighted by Gasteiger charge is -2.08. The number of ether oxygens (including phenoxy) is 2. The third-order valence-corrected chi connectivity index (χ3v) is 5.47. The highest BCUT2D eigenvalue weighted by molar-refractivity contribution is 7.22. The normalized spacial score (nSPS) is 10.9. The summed E-state index contributed by atoms with van der Waals surface area (Å²) in [4.78, 5) is 18.1. The maximum absolute atomic E-state index is 13.6. The molecule has 0 spiro atoms. The molecule has 0 bridgehead atoms. The number of aromatic nitrogens is 2. The number of methoxy groups -OCH3 is 1. The summed E-state index contributed by atoms with van der Waals surface area (Å²) in [5.41, 5.74) is 1.52. The molecule has 28 heavy (non-hydrogen) atoms. The second-order valence-electron chi connectivity index (χ2n) is 6.08. The lowest BCUT2D eigenvalue weighted by molar-refractivity contribution is 0.282. The molecule has 0 unspecified atom stereocenters. The summed E-state index contributed by atoms with van der Waals surface area (Å²) in [5, 5.41) is 0. The van der Waals surface area contributed by atoms with Crippen LogP contribution in [0.3, 0.4) is 0 Å². The highest BCUT2D eigenvalue weighted by Gasteiger charge is 2.11. The molecule has 4 rings (SSSR count). The second-order valence-corrected chi connectivity index (χ2v) is 7.13. The lowest BCUT2D eigenvalue weighted by atomic mass is 10.2. The summed E-state index contributed by atoms with van der Waals surface area (Å²) >= 11 is 1.40.